The van der Waals surface area contributed by atoms with E-state index in [1.54, 1.807) is 13.8 Å². The predicted octanol–water partition coefficient (Wildman–Crippen LogP) is 5.13. The monoisotopic (exact) mass is 436 g/mol. The molecule has 29 heavy (non-hydrogen) atoms. The zero-order valence-electron chi connectivity index (χ0n) is 16.0. The molecule has 0 unspecified atom stereocenters. The first-order valence-corrected chi connectivity index (χ1v) is 11.0. The molecule has 0 aliphatic rings. The molecule has 0 aliphatic carbocycles. The van der Waals surface area contributed by atoms with Crippen LogP contribution in [-0.4, -0.2) is 21.8 Å². The van der Waals surface area contributed by atoms with Crippen molar-refractivity contribution in [2.75, 3.05) is 13.2 Å². The molecule has 0 saturated heterocycles. The van der Waals surface area contributed by atoms with Crippen LogP contribution in [-0.2, 0) is 21.2 Å². The Kier molecular flexibility index (Phi) is 7.53. The van der Waals surface area contributed by atoms with Gasteiger partial charge in [-0.1, -0.05) is 50.2 Å². The molecule has 9 heteroatoms. The van der Waals surface area contributed by atoms with E-state index < -0.39 is 32.0 Å². The van der Waals surface area contributed by atoms with Crippen LogP contribution in [0.1, 0.15) is 37.8 Å². The molecule has 0 aromatic heterocycles. The Hall–Kier alpha value is -1.84. The summed E-state index contributed by atoms with van der Waals surface area (Å²) in [5, 5.41) is 0.238. The Bertz CT molecular complexity index is 737. The zero-order valence-corrected chi connectivity index (χ0v) is 17.0. The summed E-state index contributed by atoms with van der Waals surface area (Å²) in [6.45, 7) is 3.89. The van der Waals surface area contributed by atoms with Crippen molar-refractivity contribution in [2.45, 2.75) is 39.0 Å². The van der Waals surface area contributed by atoms with Gasteiger partial charge in [0.1, 0.15) is 0 Å². The maximum absolute atomic E-state index is 13.3. The molecule has 2 aromatic carbocycles. The number of hydrogen-bond acceptors (Lipinski definition) is 2. The van der Waals surface area contributed by atoms with Gasteiger partial charge in [-0.05, 0) is 35.3 Å². The van der Waals surface area contributed by atoms with E-state index in [0.29, 0.717) is 12.8 Å². The molecule has 0 saturated carbocycles. The minimum atomic E-state index is -4.60. The molecule has 0 aliphatic heterocycles. The fourth-order valence-electron chi connectivity index (χ4n) is 2.83. The summed E-state index contributed by atoms with van der Waals surface area (Å²) in [5.41, 5.74) is -1.81. The maximum Gasteiger partial charge on any atom is 0.416 e. The summed E-state index contributed by atoms with van der Waals surface area (Å²) in [5.74, 6) is 0. The standard InChI is InChI=1S/C20H22F6O2Si/c1-3-11-27-29(28-12-4-2,17-9-5-7-15(13-17)19(21,22)23)18-10-6-8-16(14-18)20(24,25)26/h5-10,13-14H,3-4,11-12H2,1-2H3. The van der Waals surface area contributed by atoms with Gasteiger partial charge in [0.25, 0.3) is 0 Å². The minimum absolute atomic E-state index is 0.119. The zero-order chi connectivity index (χ0) is 21.7. The molecule has 0 bridgehead atoms. The molecule has 0 heterocycles. The molecule has 0 N–H and O–H groups in total. The normalized spacial score (nSPS) is 13.0. The lowest BCUT2D eigenvalue weighted by Crippen LogP contribution is -2.64. The summed E-state index contributed by atoms with van der Waals surface area (Å²) in [7, 11) is -3.81. The number of benzene rings is 2. The van der Waals surface area contributed by atoms with Crippen LogP contribution in [0.15, 0.2) is 48.5 Å². The fraction of sp³-hybridized carbons (Fsp3) is 0.400. The molecule has 0 atom stereocenters. The average Bonchev–Trinajstić information content (AvgIpc) is 2.67. The molecule has 160 valence electrons. The third kappa shape index (κ3) is 5.61. The Labute approximate surface area is 166 Å². The molecule has 2 nitrogen and oxygen atoms in total. The third-order valence-electron chi connectivity index (χ3n) is 4.16. The smallest absolute Gasteiger partial charge is 0.388 e. The first kappa shape index (κ1) is 23.4. The summed E-state index contributed by atoms with van der Waals surface area (Å²) in [6, 6.07) is 8.94. The molecule has 0 spiro atoms. The van der Waals surface area contributed by atoms with Gasteiger partial charge in [-0.2, -0.15) is 26.3 Å². The van der Waals surface area contributed by atoms with Crippen molar-refractivity contribution in [3.05, 3.63) is 59.7 Å². The van der Waals surface area contributed by atoms with E-state index in [4.69, 9.17) is 8.85 Å². The number of hydrogen-bond donors (Lipinski definition) is 0. The van der Waals surface area contributed by atoms with E-state index in [1.165, 1.54) is 24.3 Å². The molecular formula is C20H22F6O2Si. The van der Waals surface area contributed by atoms with E-state index >= 15 is 0 Å². The highest BCUT2D eigenvalue weighted by atomic mass is 28.4. The lowest BCUT2D eigenvalue weighted by molar-refractivity contribution is -0.138. The van der Waals surface area contributed by atoms with E-state index in [9.17, 15) is 26.3 Å². The van der Waals surface area contributed by atoms with Gasteiger partial charge < -0.3 is 8.85 Å². The van der Waals surface area contributed by atoms with Crippen molar-refractivity contribution in [3.8, 4) is 0 Å². The van der Waals surface area contributed by atoms with Crippen LogP contribution >= 0.6 is 0 Å². The van der Waals surface area contributed by atoms with Crippen molar-refractivity contribution in [2.24, 2.45) is 0 Å². The Balaban J connectivity index is 2.72. The van der Waals surface area contributed by atoms with Crippen LogP contribution in [0.3, 0.4) is 0 Å². The van der Waals surface area contributed by atoms with Crippen LogP contribution < -0.4 is 10.4 Å². The summed E-state index contributed by atoms with van der Waals surface area (Å²) < 4.78 is 91.5. The van der Waals surface area contributed by atoms with Crippen LogP contribution in [0.5, 0.6) is 0 Å². The maximum atomic E-state index is 13.3. The highest BCUT2D eigenvalue weighted by Gasteiger charge is 2.45. The first-order valence-electron chi connectivity index (χ1n) is 9.18. The van der Waals surface area contributed by atoms with Crippen molar-refractivity contribution in [1.29, 1.82) is 0 Å². The van der Waals surface area contributed by atoms with Crippen LogP contribution in [0.25, 0.3) is 0 Å². The lowest BCUT2D eigenvalue weighted by Gasteiger charge is -2.32. The fourth-order valence-corrected chi connectivity index (χ4v) is 6.22. The van der Waals surface area contributed by atoms with Gasteiger partial charge in [-0.25, -0.2) is 0 Å². The van der Waals surface area contributed by atoms with Crippen LogP contribution in [0, 0.1) is 0 Å². The van der Waals surface area contributed by atoms with Crippen molar-refractivity contribution in [3.63, 3.8) is 0 Å². The molecule has 0 radical (unpaired) electrons. The molecular weight excluding hydrogens is 414 g/mol. The quantitative estimate of drug-likeness (QED) is 0.422. The molecule has 0 amide bonds. The largest absolute Gasteiger partial charge is 0.416 e. The van der Waals surface area contributed by atoms with Gasteiger partial charge in [-0.15, -0.1) is 0 Å². The van der Waals surface area contributed by atoms with E-state index in [-0.39, 0.29) is 23.6 Å². The second-order valence-electron chi connectivity index (χ2n) is 6.47. The summed E-state index contributed by atoms with van der Waals surface area (Å²) in [4.78, 5) is 0. The van der Waals surface area contributed by atoms with Crippen molar-refractivity contribution in [1.82, 2.24) is 0 Å². The highest BCUT2D eigenvalue weighted by Crippen LogP contribution is 2.30. The summed E-state index contributed by atoms with van der Waals surface area (Å²) in [6.07, 6.45) is -8.14. The Morgan fingerprint density at radius 1 is 0.690 bits per heavy atom. The van der Waals surface area contributed by atoms with Gasteiger partial charge in [0.15, 0.2) is 0 Å². The third-order valence-corrected chi connectivity index (χ3v) is 7.52. The number of alkyl halides is 6. The van der Waals surface area contributed by atoms with E-state index in [0.717, 1.165) is 24.3 Å². The minimum Gasteiger partial charge on any atom is -0.388 e. The lowest BCUT2D eigenvalue weighted by atomic mass is 10.2. The topological polar surface area (TPSA) is 18.5 Å². The van der Waals surface area contributed by atoms with Gasteiger partial charge >= 0.3 is 20.9 Å². The summed E-state index contributed by atoms with van der Waals surface area (Å²) >= 11 is 0. The highest BCUT2D eigenvalue weighted by molar-refractivity contribution is 6.92. The second-order valence-corrected chi connectivity index (χ2v) is 9.44. The average molecular weight is 436 g/mol. The van der Waals surface area contributed by atoms with Gasteiger partial charge in [0.2, 0.25) is 0 Å². The number of halogens is 6. The molecule has 2 rings (SSSR count). The van der Waals surface area contributed by atoms with Crippen LogP contribution in [0.2, 0.25) is 0 Å². The van der Waals surface area contributed by atoms with Gasteiger partial charge in [0.05, 0.1) is 11.1 Å². The first-order chi connectivity index (χ1) is 13.5. The molecule has 0 fully saturated rings. The Morgan fingerprint density at radius 2 is 1.07 bits per heavy atom. The number of rotatable bonds is 8. The van der Waals surface area contributed by atoms with Gasteiger partial charge in [-0.3, -0.25) is 0 Å². The Morgan fingerprint density at radius 3 is 1.38 bits per heavy atom. The van der Waals surface area contributed by atoms with E-state index in [1.807, 2.05) is 0 Å². The second kappa shape index (κ2) is 9.31. The molecule has 2 aromatic rings. The SMILES string of the molecule is CCCO[Si](OCCC)(c1cccc(C(F)(F)F)c1)c1cccc(C(F)(F)F)c1. The van der Waals surface area contributed by atoms with E-state index in [2.05, 4.69) is 0 Å². The van der Waals surface area contributed by atoms with Crippen LogP contribution in [0.4, 0.5) is 26.3 Å². The van der Waals surface area contributed by atoms with Gasteiger partial charge in [0, 0.05) is 13.2 Å². The van der Waals surface area contributed by atoms with Crippen molar-refractivity contribution < 1.29 is 35.2 Å². The predicted molar refractivity (Wildman–Crippen MR) is 100 cm³/mol. The van der Waals surface area contributed by atoms with Crippen molar-refractivity contribution >= 4 is 18.9 Å².